The van der Waals surface area contributed by atoms with E-state index in [2.05, 4.69) is 15.3 Å². The van der Waals surface area contributed by atoms with Crippen LogP contribution in [0.2, 0.25) is 0 Å². The van der Waals surface area contributed by atoms with Crippen LogP contribution < -0.4 is 0 Å². The quantitative estimate of drug-likeness (QED) is 0.561. The van der Waals surface area contributed by atoms with E-state index in [1.807, 2.05) is 77.6 Å². The topological polar surface area (TPSA) is 43.6 Å². The Balaban J connectivity index is 1.89. The molecule has 0 radical (unpaired) electrons. The average molecular weight is 272 g/mol. The molecule has 2 aromatic carbocycles. The Morgan fingerprint density at radius 3 is 2.14 bits per heavy atom. The molecule has 0 amide bonds. The fourth-order valence-electron chi connectivity index (χ4n) is 2.33. The standard InChI is InChI=1S/C17H12N4/c1-3-7-13(8-4-1)16-17-15(18-19-16)11-12-21(20-17)14-9-5-2-6-10-14/h1-12H. The van der Waals surface area contributed by atoms with Crippen LogP contribution in [0.4, 0.5) is 0 Å². The summed E-state index contributed by atoms with van der Waals surface area (Å²) in [7, 11) is 0. The summed E-state index contributed by atoms with van der Waals surface area (Å²) < 4.78 is 1.85. The molecule has 0 aromatic heterocycles. The van der Waals surface area contributed by atoms with Gasteiger partial charge in [-0.2, -0.15) is 5.10 Å². The van der Waals surface area contributed by atoms with Crippen LogP contribution in [0, 0.1) is 0 Å². The average Bonchev–Trinajstić information content (AvgIpc) is 2.99. The van der Waals surface area contributed by atoms with E-state index in [1.54, 1.807) is 0 Å². The molecule has 0 unspecified atom stereocenters. The van der Waals surface area contributed by atoms with E-state index in [-0.39, 0.29) is 0 Å². The molecule has 2 aliphatic rings. The predicted molar refractivity (Wildman–Crippen MR) is 81.2 cm³/mol. The molecule has 4 rings (SSSR count). The van der Waals surface area contributed by atoms with E-state index in [4.69, 9.17) is 0 Å². The van der Waals surface area contributed by atoms with Gasteiger partial charge in [-0.1, -0.05) is 48.5 Å². The summed E-state index contributed by atoms with van der Waals surface area (Å²) in [6, 6.07) is 22.0. The monoisotopic (exact) mass is 272 g/mol. The lowest BCUT2D eigenvalue weighted by Crippen LogP contribution is -2.02. The van der Waals surface area contributed by atoms with Gasteiger partial charge in [0.2, 0.25) is 0 Å². The maximum Gasteiger partial charge on any atom is 0.140 e. The maximum absolute atomic E-state index is 4.67. The van der Waals surface area contributed by atoms with E-state index in [1.165, 1.54) is 0 Å². The number of hydrogen-bond donors (Lipinski definition) is 0. The van der Waals surface area contributed by atoms with Gasteiger partial charge < -0.3 is 0 Å². The molecule has 2 aliphatic heterocycles. The lowest BCUT2D eigenvalue weighted by Gasteiger charge is -2.07. The Morgan fingerprint density at radius 1 is 0.667 bits per heavy atom. The second-order valence-corrected chi connectivity index (χ2v) is 4.74. The summed E-state index contributed by atoms with van der Waals surface area (Å²) >= 11 is 0. The van der Waals surface area contributed by atoms with Crippen molar-refractivity contribution in [3.05, 3.63) is 72.9 Å². The SMILES string of the molecule is c1ccc(-c2nnc3ccn(-c4ccccc4)nc2-3)cc1. The second-order valence-electron chi connectivity index (χ2n) is 4.74. The van der Waals surface area contributed by atoms with Gasteiger partial charge in [0, 0.05) is 11.8 Å². The lowest BCUT2D eigenvalue weighted by atomic mass is 10.1. The minimum Gasteiger partial charge on any atom is -0.240 e. The summed E-state index contributed by atoms with van der Waals surface area (Å²) in [5.41, 5.74) is 4.47. The Labute approximate surface area is 122 Å². The van der Waals surface area contributed by atoms with Crippen LogP contribution in [-0.2, 0) is 0 Å². The molecule has 0 spiro atoms. The Hall–Kier alpha value is -3.01. The third-order valence-electron chi connectivity index (χ3n) is 3.37. The fraction of sp³-hybridized carbons (Fsp3) is 0. The first-order valence-electron chi connectivity index (χ1n) is 6.75. The largest absolute Gasteiger partial charge is 0.240 e. The zero-order chi connectivity index (χ0) is 14.1. The van der Waals surface area contributed by atoms with Crippen LogP contribution in [0.15, 0.2) is 72.9 Å². The number of aromatic nitrogens is 4. The van der Waals surface area contributed by atoms with E-state index < -0.39 is 0 Å². The van der Waals surface area contributed by atoms with Crippen LogP contribution in [0.25, 0.3) is 28.3 Å². The Morgan fingerprint density at radius 2 is 1.38 bits per heavy atom. The number of rotatable bonds is 2. The van der Waals surface area contributed by atoms with Crippen molar-refractivity contribution in [2.75, 3.05) is 0 Å². The van der Waals surface area contributed by atoms with Crippen molar-refractivity contribution in [3.63, 3.8) is 0 Å². The van der Waals surface area contributed by atoms with Crippen LogP contribution >= 0.6 is 0 Å². The summed E-state index contributed by atoms with van der Waals surface area (Å²) in [4.78, 5) is 0. The molecule has 4 heteroatoms. The number of fused-ring (bicyclic) bond motifs is 1. The van der Waals surface area contributed by atoms with Crippen LogP contribution in [0.1, 0.15) is 0 Å². The fourth-order valence-corrected chi connectivity index (χ4v) is 2.33. The first-order valence-corrected chi connectivity index (χ1v) is 6.75. The highest BCUT2D eigenvalue weighted by atomic mass is 15.3. The molecule has 0 atom stereocenters. The molecular weight excluding hydrogens is 260 g/mol. The number of nitrogens with zero attached hydrogens (tertiary/aromatic N) is 4. The highest BCUT2D eigenvalue weighted by molar-refractivity contribution is 5.76. The van der Waals surface area contributed by atoms with E-state index >= 15 is 0 Å². The molecule has 0 fully saturated rings. The van der Waals surface area contributed by atoms with Crippen molar-refractivity contribution in [1.82, 2.24) is 20.0 Å². The minimum absolute atomic E-state index is 0.807. The molecule has 4 nitrogen and oxygen atoms in total. The van der Waals surface area contributed by atoms with Gasteiger partial charge in [0.05, 0.1) is 5.69 Å². The van der Waals surface area contributed by atoms with Gasteiger partial charge in [0.1, 0.15) is 17.1 Å². The predicted octanol–water partition coefficient (Wildman–Crippen LogP) is 3.43. The van der Waals surface area contributed by atoms with Gasteiger partial charge in [0.25, 0.3) is 0 Å². The van der Waals surface area contributed by atoms with Crippen molar-refractivity contribution in [3.8, 4) is 28.3 Å². The summed E-state index contributed by atoms with van der Waals surface area (Å²) in [5.74, 6) is 0. The summed E-state index contributed by atoms with van der Waals surface area (Å²) in [6.45, 7) is 0. The zero-order valence-corrected chi connectivity index (χ0v) is 11.2. The van der Waals surface area contributed by atoms with Crippen molar-refractivity contribution < 1.29 is 0 Å². The molecule has 2 heterocycles. The molecule has 0 saturated heterocycles. The minimum atomic E-state index is 0.807. The van der Waals surface area contributed by atoms with Gasteiger partial charge in [-0.05, 0) is 18.2 Å². The molecule has 21 heavy (non-hydrogen) atoms. The lowest BCUT2D eigenvalue weighted by molar-refractivity contribution is 0.847. The van der Waals surface area contributed by atoms with E-state index in [0.717, 1.165) is 28.3 Å². The van der Waals surface area contributed by atoms with Gasteiger partial charge in [-0.15, -0.1) is 10.2 Å². The molecule has 2 aromatic rings. The van der Waals surface area contributed by atoms with Crippen LogP contribution in [0.3, 0.4) is 0 Å². The second kappa shape index (κ2) is 4.83. The third-order valence-corrected chi connectivity index (χ3v) is 3.37. The van der Waals surface area contributed by atoms with Crippen LogP contribution in [-0.4, -0.2) is 20.0 Å². The van der Waals surface area contributed by atoms with Crippen molar-refractivity contribution in [2.24, 2.45) is 0 Å². The number of hydrogen-bond acceptors (Lipinski definition) is 3. The molecule has 0 bridgehead atoms. The van der Waals surface area contributed by atoms with E-state index in [0.29, 0.717) is 0 Å². The molecule has 0 N–H and O–H groups in total. The van der Waals surface area contributed by atoms with Gasteiger partial charge >= 0.3 is 0 Å². The Bertz CT molecular complexity index is 837. The van der Waals surface area contributed by atoms with Gasteiger partial charge in [-0.25, -0.2) is 4.68 Å². The first-order chi connectivity index (χ1) is 10.4. The number of benzene rings is 2. The molecular formula is C17H12N4. The van der Waals surface area contributed by atoms with Gasteiger partial charge in [0.15, 0.2) is 0 Å². The summed E-state index contributed by atoms with van der Waals surface area (Å²) in [6.07, 6.45) is 1.90. The van der Waals surface area contributed by atoms with Crippen molar-refractivity contribution in [2.45, 2.75) is 0 Å². The third kappa shape index (κ3) is 2.07. The Kier molecular flexibility index (Phi) is 2.71. The normalized spacial score (nSPS) is 10.9. The molecule has 100 valence electrons. The molecule has 0 aliphatic carbocycles. The highest BCUT2D eigenvalue weighted by Gasteiger charge is 2.17. The van der Waals surface area contributed by atoms with Gasteiger partial charge in [-0.3, -0.25) is 0 Å². The maximum atomic E-state index is 4.67. The first kappa shape index (κ1) is 11.8. The smallest absolute Gasteiger partial charge is 0.140 e. The van der Waals surface area contributed by atoms with E-state index in [9.17, 15) is 0 Å². The molecule has 0 saturated carbocycles. The highest BCUT2D eigenvalue weighted by Crippen LogP contribution is 2.29. The summed E-state index contributed by atoms with van der Waals surface area (Å²) in [5, 5.41) is 13.2. The van der Waals surface area contributed by atoms with Crippen LogP contribution in [0.5, 0.6) is 0 Å². The number of para-hydroxylation sites is 1. The van der Waals surface area contributed by atoms with Crippen molar-refractivity contribution >= 4 is 0 Å². The van der Waals surface area contributed by atoms with Crippen molar-refractivity contribution in [1.29, 1.82) is 0 Å². The zero-order valence-electron chi connectivity index (χ0n) is 11.2.